The molecule has 1 unspecified atom stereocenters. The van der Waals surface area contributed by atoms with Crippen LogP contribution in [0, 0.1) is 0 Å². The van der Waals surface area contributed by atoms with Crippen molar-refractivity contribution in [3.05, 3.63) is 35.9 Å². The number of rotatable bonds is 4. The third-order valence-electron chi connectivity index (χ3n) is 4.88. The molecule has 0 saturated carbocycles. The molecule has 0 aromatic heterocycles. The van der Waals surface area contributed by atoms with Crippen molar-refractivity contribution in [3.63, 3.8) is 0 Å². The maximum atomic E-state index is 12.4. The molecular formula is C18H28N4O. The fourth-order valence-corrected chi connectivity index (χ4v) is 3.47. The largest absolute Gasteiger partial charge is 0.340 e. The van der Waals surface area contributed by atoms with E-state index in [2.05, 4.69) is 40.1 Å². The molecular weight excluding hydrogens is 288 g/mol. The molecule has 1 atom stereocenters. The zero-order valence-corrected chi connectivity index (χ0v) is 13.9. The first-order valence-electron chi connectivity index (χ1n) is 8.73. The highest BCUT2D eigenvalue weighted by atomic mass is 16.2. The van der Waals surface area contributed by atoms with Gasteiger partial charge in [-0.15, -0.1) is 0 Å². The average molecular weight is 316 g/mol. The first-order chi connectivity index (χ1) is 11.2. The summed E-state index contributed by atoms with van der Waals surface area (Å²) >= 11 is 0. The van der Waals surface area contributed by atoms with E-state index in [-0.39, 0.29) is 11.9 Å². The molecule has 0 radical (unpaired) electrons. The van der Waals surface area contributed by atoms with Crippen molar-refractivity contribution in [3.8, 4) is 0 Å². The van der Waals surface area contributed by atoms with Crippen molar-refractivity contribution in [2.45, 2.75) is 25.4 Å². The quantitative estimate of drug-likeness (QED) is 0.891. The Hall–Kier alpha value is -1.43. The number of amides is 1. The lowest BCUT2D eigenvalue weighted by Gasteiger charge is -2.36. The molecule has 0 spiro atoms. The number of nitrogens with zero attached hydrogens (tertiary/aromatic N) is 3. The molecule has 1 amide bonds. The van der Waals surface area contributed by atoms with Gasteiger partial charge in [0.25, 0.3) is 0 Å². The number of hydrogen-bond acceptors (Lipinski definition) is 4. The Morgan fingerprint density at radius 3 is 2.43 bits per heavy atom. The minimum absolute atomic E-state index is 0.162. The van der Waals surface area contributed by atoms with Gasteiger partial charge in [-0.3, -0.25) is 14.6 Å². The van der Waals surface area contributed by atoms with E-state index in [4.69, 9.17) is 5.73 Å². The topological polar surface area (TPSA) is 52.8 Å². The summed E-state index contributed by atoms with van der Waals surface area (Å²) in [6.07, 6.45) is 2.08. The Kier molecular flexibility index (Phi) is 5.65. The minimum atomic E-state index is 0.162. The molecule has 2 fully saturated rings. The molecule has 2 saturated heterocycles. The predicted molar refractivity (Wildman–Crippen MR) is 91.9 cm³/mol. The second kappa shape index (κ2) is 7.90. The molecule has 1 aromatic rings. The van der Waals surface area contributed by atoms with Crippen molar-refractivity contribution in [2.75, 3.05) is 45.8 Å². The Bertz CT molecular complexity index is 499. The average Bonchev–Trinajstić information content (AvgIpc) is 2.57. The number of nitrogens with two attached hydrogens (primary N) is 1. The molecule has 5 nitrogen and oxygen atoms in total. The van der Waals surface area contributed by atoms with Crippen LogP contribution in [0.5, 0.6) is 0 Å². The van der Waals surface area contributed by atoms with Crippen molar-refractivity contribution < 1.29 is 4.79 Å². The maximum Gasteiger partial charge on any atom is 0.236 e. The van der Waals surface area contributed by atoms with Crippen molar-refractivity contribution >= 4 is 5.91 Å². The van der Waals surface area contributed by atoms with Gasteiger partial charge in [0, 0.05) is 51.9 Å². The number of likely N-dealkylation sites (tertiary alicyclic amines) is 1. The van der Waals surface area contributed by atoms with Crippen molar-refractivity contribution in [2.24, 2.45) is 5.73 Å². The molecule has 2 N–H and O–H groups in total. The zero-order valence-electron chi connectivity index (χ0n) is 13.9. The van der Waals surface area contributed by atoms with E-state index in [1.165, 1.54) is 5.56 Å². The van der Waals surface area contributed by atoms with Gasteiger partial charge < -0.3 is 10.6 Å². The lowest BCUT2D eigenvalue weighted by Crippen LogP contribution is -2.52. The summed E-state index contributed by atoms with van der Waals surface area (Å²) in [6.45, 7) is 7.16. The SMILES string of the molecule is NC1CCCN(C(=O)CN2CCN(Cc3ccccc3)CC2)C1. The summed E-state index contributed by atoms with van der Waals surface area (Å²) in [5.74, 6) is 0.247. The molecule has 23 heavy (non-hydrogen) atoms. The standard InChI is InChI=1S/C18H28N4O/c19-17-7-4-8-22(14-17)18(23)15-21-11-9-20(10-12-21)13-16-5-2-1-3-6-16/h1-3,5-6,17H,4,7-15,19H2. The highest BCUT2D eigenvalue weighted by Gasteiger charge is 2.24. The van der Waals surface area contributed by atoms with Crippen LogP contribution >= 0.6 is 0 Å². The lowest BCUT2D eigenvalue weighted by molar-refractivity contribution is -0.134. The van der Waals surface area contributed by atoms with Gasteiger partial charge in [0.1, 0.15) is 0 Å². The van der Waals surface area contributed by atoms with E-state index in [9.17, 15) is 4.79 Å². The lowest BCUT2D eigenvalue weighted by atomic mass is 10.1. The molecule has 0 aliphatic carbocycles. The Morgan fingerprint density at radius 1 is 1.04 bits per heavy atom. The second-order valence-corrected chi connectivity index (χ2v) is 6.78. The molecule has 1 aromatic carbocycles. The predicted octanol–water partition coefficient (Wildman–Crippen LogP) is 0.754. The molecule has 126 valence electrons. The molecule has 3 rings (SSSR count). The van der Waals surface area contributed by atoms with Crippen LogP contribution in [0.1, 0.15) is 18.4 Å². The van der Waals surface area contributed by atoms with Crippen LogP contribution in [-0.2, 0) is 11.3 Å². The van der Waals surface area contributed by atoms with E-state index in [0.29, 0.717) is 6.54 Å². The summed E-state index contributed by atoms with van der Waals surface area (Å²) < 4.78 is 0. The van der Waals surface area contributed by atoms with Gasteiger partial charge in [0.2, 0.25) is 5.91 Å². The molecule has 2 heterocycles. The Morgan fingerprint density at radius 2 is 1.74 bits per heavy atom. The Labute approximate surface area is 139 Å². The van der Waals surface area contributed by atoms with Gasteiger partial charge in [-0.1, -0.05) is 30.3 Å². The van der Waals surface area contributed by atoms with Gasteiger partial charge >= 0.3 is 0 Å². The van der Waals surface area contributed by atoms with Gasteiger partial charge in [0.05, 0.1) is 6.54 Å². The zero-order chi connectivity index (χ0) is 16.1. The van der Waals surface area contributed by atoms with Gasteiger partial charge in [0.15, 0.2) is 0 Å². The normalized spacial score (nSPS) is 23.9. The number of hydrogen-bond donors (Lipinski definition) is 1. The molecule has 0 bridgehead atoms. The van der Waals surface area contributed by atoms with Gasteiger partial charge in [-0.05, 0) is 18.4 Å². The number of carbonyl (C=O) groups is 1. The fourth-order valence-electron chi connectivity index (χ4n) is 3.47. The number of piperidine rings is 1. The monoisotopic (exact) mass is 316 g/mol. The number of piperazine rings is 1. The van der Waals surface area contributed by atoms with Gasteiger partial charge in [-0.25, -0.2) is 0 Å². The smallest absolute Gasteiger partial charge is 0.236 e. The molecule has 2 aliphatic rings. The van der Waals surface area contributed by atoms with Crippen LogP contribution in [0.3, 0.4) is 0 Å². The fraction of sp³-hybridized carbons (Fsp3) is 0.611. The van der Waals surface area contributed by atoms with E-state index in [0.717, 1.165) is 58.7 Å². The highest BCUT2D eigenvalue weighted by Crippen LogP contribution is 2.11. The van der Waals surface area contributed by atoms with Crippen LogP contribution in [-0.4, -0.2) is 72.5 Å². The van der Waals surface area contributed by atoms with Crippen LogP contribution in [0.15, 0.2) is 30.3 Å². The van der Waals surface area contributed by atoms with E-state index in [1.54, 1.807) is 0 Å². The van der Waals surface area contributed by atoms with Gasteiger partial charge in [-0.2, -0.15) is 0 Å². The van der Waals surface area contributed by atoms with E-state index >= 15 is 0 Å². The third kappa shape index (κ3) is 4.77. The summed E-state index contributed by atoms with van der Waals surface area (Å²) in [5.41, 5.74) is 7.33. The minimum Gasteiger partial charge on any atom is -0.340 e. The van der Waals surface area contributed by atoms with E-state index in [1.807, 2.05) is 4.90 Å². The van der Waals surface area contributed by atoms with Crippen LogP contribution < -0.4 is 5.73 Å². The summed E-state index contributed by atoms with van der Waals surface area (Å²) in [7, 11) is 0. The van der Waals surface area contributed by atoms with Crippen molar-refractivity contribution in [1.29, 1.82) is 0 Å². The summed E-state index contributed by atoms with van der Waals surface area (Å²) in [5, 5.41) is 0. The number of carbonyl (C=O) groups excluding carboxylic acids is 1. The molecule has 2 aliphatic heterocycles. The van der Waals surface area contributed by atoms with Crippen LogP contribution in [0.25, 0.3) is 0 Å². The van der Waals surface area contributed by atoms with Crippen LogP contribution in [0.2, 0.25) is 0 Å². The van der Waals surface area contributed by atoms with E-state index < -0.39 is 0 Å². The highest BCUT2D eigenvalue weighted by molar-refractivity contribution is 5.78. The van der Waals surface area contributed by atoms with Crippen molar-refractivity contribution in [1.82, 2.24) is 14.7 Å². The Balaban J connectivity index is 1.41. The second-order valence-electron chi connectivity index (χ2n) is 6.78. The summed E-state index contributed by atoms with van der Waals surface area (Å²) in [4.78, 5) is 19.1. The molecule has 5 heteroatoms. The number of benzene rings is 1. The maximum absolute atomic E-state index is 12.4. The third-order valence-corrected chi connectivity index (χ3v) is 4.88. The first kappa shape index (κ1) is 16.4. The summed E-state index contributed by atoms with van der Waals surface area (Å²) in [6, 6.07) is 10.8. The first-order valence-corrected chi connectivity index (χ1v) is 8.73. The van der Waals surface area contributed by atoms with Crippen LogP contribution in [0.4, 0.5) is 0 Å².